The Labute approximate surface area is 195 Å². The largest absolute Gasteiger partial charge is 0.493 e. The fourth-order valence-electron chi connectivity index (χ4n) is 3.54. The third-order valence-electron chi connectivity index (χ3n) is 5.74. The molecule has 0 bridgehead atoms. The number of aromatic nitrogens is 3. The highest BCUT2D eigenvalue weighted by molar-refractivity contribution is 5.92. The van der Waals surface area contributed by atoms with Gasteiger partial charge in [0.1, 0.15) is 18.2 Å². The first-order chi connectivity index (χ1) is 16.1. The summed E-state index contributed by atoms with van der Waals surface area (Å²) in [5.41, 5.74) is 0.0741. The molecule has 7 nitrogen and oxygen atoms in total. The maximum Gasteiger partial charge on any atom is 0.416 e. The van der Waals surface area contributed by atoms with Gasteiger partial charge in [0, 0.05) is 17.6 Å². The summed E-state index contributed by atoms with van der Waals surface area (Å²) >= 11 is 0. The van der Waals surface area contributed by atoms with Crippen molar-refractivity contribution in [2.24, 2.45) is 0 Å². The Balaban J connectivity index is 1.60. The van der Waals surface area contributed by atoms with Gasteiger partial charge in [-0.1, -0.05) is 0 Å². The summed E-state index contributed by atoms with van der Waals surface area (Å²) in [6.45, 7) is 6.33. The lowest BCUT2D eigenvalue weighted by atomic mass is 10.1. The first-order valence-electron chi connectivity index (χ1n) is 11.0. The third kappa shape index (κ3) is 5.49. The van der Waals surface area contributed by atoms with E-state index in [-0.39, 0.29) is 11.3 Å². The highest BCUT2D eigenvalue weighted by atomic mass is 19.4. The van der Waals surface area contributed by atoms with E-state index in [9.17, 15) is 13.2 Å². The molecule has 1 atom stereocenters. The van der Waals surface area contributed by atoms with E-state index < -0.39 is 17.8 Å². The predicted molar refractivity (Wildman–Crippen MR) is 121 cm³/mol. The van der Waals surface area contributed by atoms with Gasteiger partial charge in [-0.2, -0.15) is 13.2 Å². The first kappa shape index (κ1) is 24.0. The molecule has 4 rings (SSSR count). The van der Waals surface area contributed by atoms with E-state index in [1.807, 2.05) is 0 Å². The molecule has 1 aliphatic carbocycles. The van der Waals surface area contributed by atoms with Crippen LogP contribution >= 0.6 is 0 Å². The fraction of sp³-hybridized carbons (Fsp3) is 0.458. The number of rotatable bonds is 9. The van der Waals surface area contributed by atoms with Gasteiger partial charge in [0.2, 0.25) is 0 Å². The number of hydrogen-bond acceptors (Lipinski definition) is 7. The molecule has 0 spiro atoms. The number of halogens is 3. The third-order valence-corrected chi connectivity index (χ3v) is 5.74. The molecule has 0 unspecified atom stereocenters. The van der Waals surface area contributed by atoms with Crippen LogP contribution in [-0.2, 0) is 10.9 Å². The van der Waals surface area contributed by atoms with Gasteiger partial charge < -0.3 is 19.5 Å². The first-order valence-corrected chi connectivity index (χ1v) is 11.0. The summed E-state index contributed by atoms with van der Waals surface area (Å²) in [6, 6.07) is 4.95. The molecule has 10 heteroatoms. The van der Waals surface area contributed by atoms with Crippen LogP contribution in [0, 0.1) is 6.92 Å². The second-order valence-electron chi connectivity index (χ2n) is 8.62. The smallest absolute Gasteiger partial charge is 0.416 e. The maximum absolute atomic E-state index is 13.1. The van der Waals surface area contributed by atoms with Gasteiger partial charge >= 0.3 is 6.18 Å². The van der Waals surface area contributed by atoms with Crippen LogP contribution in [0.5, 0.6) is 11.5 Å². The number of pyridine rings is 1. The second-order valence-corrected chi connectivity index (χ2v) is 8.62. The molecular weight excluding hydrogens is 449 g/mol. The molecule has 34 heavy (non-hydrogen) atoms. The van der Waals surface area contributed by atoms with E-state index in [0.29, 0.717) is 47.3 Å². The standard InChI is InChI=1S/C24H27F3N4O3/c1-14(18-11-16(5-8-28-18)24(25,26)27)29-22-17-12-21(33-9-10-34-23(3)6-7-23)20(32-4)13-19(17)30-15(2)31-22/h5,8,11-14H,6-7,9-10H2,1-4H3,(H,29,30,31)/t14-/m1/s1. The van der Waals surface area contributed by atoms with Crippen molar-refractivity contribution in [3.05, 3.63) is 47.5 Å². The number of hydrogen-bond donors (Lipinski definition) is 1. The number of nitrogens with one attached hydrogen (secondary N) is 1. The zero-order chi connectivity index (χ0) is 24.5. The van der Waals surface area contributed by atoms with Crippen LogP contribution in [0.2, 0.25) is 0 Å². The number of benzene rings is 1. The van der Waals surface area contributed by atoms with Crippen molar-refractivity contribution in [3.63, 3.8) is 0 Å². The summed E-state index contributed by atoms with van der Waals surface area (Å²) in [5, 5.41) is 3.83. The van der Waals surface area contributed by atoms with Crippen LogP contribution in [0.4, 0.5) is 19.0 Å². The monoisotopic (exact) mass is 476 g/mol. The van der Waals surface area contributed by atoms with Gasteiger partial charge in [0.05, 0.1) is 42.1 Å². The molecule has 2 heterocycles. The van der Waals surface area contributed by atoms with Crippen molar-refractivity contribution in [2.75, 3.05) is 25.6 Å². The number of aryl methyl sites for hydroxylation is 1. The molecular formula is C24H27F3N4O3. The van der Waals surface area contributed by atoms with Crippen LogP contribution in [-0.4, -0.2) is 40.9 Å². The maximum atomic E-state index is 13.1. The molecule has 0 amide bonds. The summed E-state index contributed by atoms with van der Waals surface area (Å²) < 4.78 is 56.6. The molecule has 0 aliphatic heterocycles. The number of ether oxygens (including phenoxy) is 3. The molecule has 1 saturated carbocycles. The fourth-order valence-corrected chi connectivity index (χ4v) is 3.54. The summed E-state index contributed by atoms with van der Waals surface area (Å²) in [5.74, 6) is 1.98. The Hall–Kier alpha value is -3.14. The number of nitrogens with zero attached hydrogens (tertiary/aromatic N) is 3. The van der Waals surface area contributed by atoms with E-state index in [2.05, 4.69) is 27.2 Å². The minimum Gasteiger partial charge on any atom is -0.493 e. The van der Waals surface area contributed by atoms with Gasteiger partial charge in [-0.05, 0) is 51.8 Å². The predicted octanol–water partition coefficient (Wildman–Crippen LogP) is 5.48. The van der Waals surface area contributed by atoms with Crippen LogP contribution in [0.3, 0.4) is 0 Å². The minimum atomic E-state index is -4.45. The topological polar surface area (TPSA) is 78.4 Å². The number of fused-ring (bicyclic) bond motifs is 1. The van der Waals surface area contributed by atoms with Crippen LogP contribution in [0.25, 0.3) is 10.9 Å². The number of anilines is 1. The van der Waals surface area contributed by atoms with Crippen LogP contribution in [0.15, 0.2) is 30.5 Å². The van der Waals surface area contributed by atoms with E-state index in [4.69, 9.17) is 14.2 Å². The van der Waals surface area contributed by atoms with Crippen molar-refractivity contribution in [1.82, 2.24) is 15.0 Å². The molecule has 1 aliphatic rings. The van der Waals surface area contributed by atoms with Crippen molar-refractivity contribution < 1.29 is 27.4 Å². The lowest BCUT2D eigenvalue weighted by molar-refractivity contribution is -0.137. The van der Waals surface area contributed by atoms with Crippen molar-refractivity contribution in [2.45, 2.75) is 51.4 Å². The Morgan fingerprint density at radius 1 is 1.12 bits per heavy atom. The average molecular weight is 476 g/mol. The Kier molecular flexibility index (Phi) is 6.53. The number of alkyl halides is 3. The molecule has 1 fully saturated rings. The van der Waals surface area contributed by atoms with E-state index >= 15 is 0 Å². The quantitative estimate of drug-likeness (QED) is 0.410. The molecule has 0 radical (unpaired) electrons. The van der Waals surface area contributed by atoms with Gasteiger partial charge in [-0.25, -0.2) is 9.97 Å². The molecule has 1 aromatic carbocycles. The molecule has 3 aromatic rings. The molecule has 2 aromatic heterocycles. The van der Waals surface area contributed by atoms with Crippen LogP contribution < -0.4 is 14.8 Å². The van der Waals surface area contributed by atoms with Crippen molar-refractivity contribution in [1.29, 1.82) is 0 Å². The average Bonchev–Trinajstić information content (AvgIpc) is 3.53. The highest BCUT2D eigenvalue weighted by Crippen LogP contribution is 2.39. The van der Waals surface area contributed by atoms with E-state index in [1.165, 1.54) is 0 Å². The lowest BCUT2D eigenvalue weighted by Gasteiger charge is -2.18. The van der Waals surface area contributed by atoms with Gasteiger partial charge in [-0.3, -0.25) is 4.98 Å². The van der Waals surface area contributed by atoms with E-state index in [0.717, 1.165) is 31.2 Å². The SMILES string of the molecule is COc1cc2nc(C)nc(N[C@H](C)c3cc(C(F)(F)F)ccn3)c2cc1OCCOC1(C)CC1. The van der Waals surface area contributed by atoms with Crippen molar-refractivity contribution in [3.8, 4) is 11.5 Å². The Morgan fingerprint density at radius 2 is 1.88 bits per heavy atom. The summed E-state index contributed by atoms with van der Waals surface area (Å²) in [7, 11) is 1.55. The summed E-state index contributed by atoms with van der Waals surface area (Å²) in [6.07, 6.45) is -1.19. The van der Waals surface area contributed by atoms with Crippen LogP contribution in [0.1, 0.15) is 49.8 Å². The second kappa shape index (κ2) is 9.25. The van der Waals surface area contributed by atoms with E-state index in [1.54, 1.807) is 33.1 Å². The van der Waals surface area contributed by atoms with Gasteiger partial charge in [-0.15, -0.1) is 0 Å². The zero-order valence-electron chi connectivity index (χ0n) is 19.5. The molecule has 1 N–H and O–H groups in total. The Bertz CT molecular complexity index is 1180. The summed E-state index contributed by atoms with van der Waals surface area (Å²) in [4.78, 5) is 13.1. The Morgan fingerprint density at radius 3 is 2.56 bits per heavy atom. The van der Waals surface area contributed by atoms with Crippen molar-refractivity contribution >= 4 is 16.7 Å². The number of methoxy groups -OCH3 is 1. The molecule has 0 saturated heterocycles. The van der Waals surface area contributed by atoms with Gasteiger partial charge in [0.25, 0.3) is 0 Å². The minimum absolute atomic E-state index is 0.0348. The normalized spacial score (nSPS) is 15.7. The lowest BCUT2D eigenvalue weighted by Crippen LogP contribution is -2.15. The highest BCUT2D eigenvalue weighted by Gasteiger charge is 2.38. The zero-order valence-corrected chi connectivity index (χ0v) is 19.5. The van der Waals surface area contributed by atoms with Gasteiger partial charge in [0.15, 0.2) is 11.5 Å². The molecule has 182 valence electrons.